The standard InChI is InChI=1S/C21H37NO3/c1-3-4-5-6-7-8-9-10-11-12-13-14-15-16-17-18-20(23)22-19(2)21(24)25/h7-8,10-11,19H,3-6,9,12-18H2,1-2H3,(H,22,23)(H,24,25)/p-1/b8-7-,11-10-/t19-/m0/s1. The van der Waals surface area contributed by atoms with Crippen molar-refractivity contribution in [1.29, 1.82) is 0 Å². The van der Waals surface area contributed by atoms with Crippen molar-refractivity contribution < 1.29 is 14.7 Å². The van der Waals surface area contributed by atoms with E-state index in [4.69, 9.17) is 0 Å². The minimum Gasteiger partial charge on any atom is -0.548 e. The molecule has 0 rings (SSSR count). The van der Waals surface area contributed by atoms with Crippen molar-refractivity contribution in [3.63, 3.8) is 0 Å². The summed E-state index contributed by atoms with van der Waals surface area (Å²) in [6, 6.07) is -0.912. The maximum atomic E-state index is 11.5. The van der Waals surface area contributed by atoms with Crippen molar-refractivity contribution in [2.24, 2.45) is 0 Å². The lowest BCUT2D eigenvalue weighted by atomic mass is 10.1. The molecule has 1 N–H and O–H groups in total. The van der Waals surface area contributed by atoms with Crippen LogP contribution in [0, 0.1) is 0 Å². The lowest BCUT2D eigenvalue weighted by Crippen LogP contribution is -2.45. The molecule has 4 heteroatoms. The summed E-state index contributed by atoms with van der Waals surface area (Å²) in [5, 5.41) is 12.9. The Bertz CT molecular complexity index is 402. The Labute approximate surface area is 153 Å². The molecule has 0 bridgehead atoms. The van der Waals surface area contributed by atoms with Crippen LogP contribution in [0.15, 0.2) is 24.3 Å². The molecule has 25 heavy (non-hydrogen) atoms. The van der Waals surface area contributed by atoms with E-state index in [2.05, 4.69) is 36.5 Å². The third kappa shape index (κ3) is 17.0. The van der Waals surface area contributed by atoms with Gasteiger partial charge in [0.15, 0.2) is 0 Å². The second-order valence-corrected chi connectivity index (χ2v) is 6.59. The number of rotatable bonds is 16. The minimum absolute atomic E-state index is 0.206. The van der Waals surface area contributed by atoms with Crippen LogP contribution in [0.1, 0.15) is 90.9 Å². The van der Waals surface area contributed by atoms with E-state index >= 15 is 0 Å². The van der Waals surface area contributed by atoms with E-state index in [1.165, 1.54) is 45.4 Å². The highest BCUT2D eigenvalue weighted by atomic mass is 16.4. The molecule has 0 spiro atoms. The maximum Gasteiger partial charge on any atom is 0.220 e. The Hall–Kier alpha value is -1.58. The number of carboxylic acids is 1. The van der Waals surface area contributed by atoms with Gasteiger partial charge in [0.05, 0.1) is 12.0 Å². The number of carboxylic acid groups (broad SMARTS) is 1. The summed E-state index contributed by atoms with van der Waals surface area (Å²) < 4.78 is 0. The topological polar surface area (TPSA) is 69.2 Å². The van der Waals surface area contributed by atoms with Crippen LogP contribution in [0.25, 0.3) is 0 Å². The summed E-state index contributed by atoms with van der Waals surface area (Å²) in [4.78, 5) is 22.0. The van der Waals surface area contributed by atoms with Crippen LogP contribution in [-0.4, -0.2) is 17.9 Å². The molecule has 0 aromatic carbocycles. The van der Waals surface area contributed by atoms with Gasteiger partial charge < -0.3 is 15.2 Å². The third-order valence-electron chi connectivity index (χ3n) is 4.09. The first-order valence-electron chi connectivity index (χ1n) is 9.88. The maximum absolute atomic E-state index is 11.5. The lowest BCUT2D eigenvalue weighted by Gasteiger charge is -2.14. The van der Waals surface area contributed by atoms with E-state index in [1.54, 1.807) is 0 Å². The normalized spacial score (nSPS) is 12.7. The molecule has 1 atom stereocenters. The number of carbonyl (C=O) groups is 2. The number of unbranched alkanes of at least 4 members (excludes halogenated alkanes) is 8. The van der Waals surface area contributed by atoms with Gasteiger partial charge in [0.25, 0.3) is 0 Å². The van der Waals surface area contributed by atoms with Crippen molar-refractivity contribution >= 4 is 11.9 Å². The Morgan fingerprint density at radius 2 is 1.44 bits per heavy atom. The monoisotopic (exact) mass is 350 g/mol. The first-order chi connectivity index (χ1) is 12.1. The molecule has 0 fully saturated rings. The Balaban J connectivity index is 3.37. The molecule has 0 saturated heterocycles. The number of aliphatic carboxylic acids is 1. The van der Waals surface area contributed by atoms with Crippen molar-refractivity contribution in [2.45, 2.75) is 96.9 Å². The first-order valence-corrected chi connectivity index (χ1v) is 9.88. The van der Waals surface area contributed by atoms with Crippen LogP contribution in [0.4, 0.5) is 0 Å². The number of hydrogen-bond acceptors (Lipinski definition) is 3. The molecule has 4 nitrogen and oxygen atoms in total. The second kappa shape index (κ2) is 17.2. The summed E-state index contributed by atoms with van der Waals surface area (Å²) in [6.45, 7) is 3.65. The summed E-state index contributed by atoms with van der Waals surface area (Å²) in [7, 11) is 0. The van der Waals surface area contributed by atoms with Gasteiger partial charge in [-0.05, 0) is 45.4 Å². The zero-order valence-electron chi connectivity index (χ0n) is 16.1. The van der Waals surface area contributed by atoms with E-state index in [0.717, 1.165) is 32.1 Å². The number of amides is 1. The van der Waals surface area contributed by atoms with E-state index in [-0.39, 0.29) is 5.91 Å². The zero-order chi connectivity index (χ0) is 18.8. The predicted molar refractivity (Wildman–Crippen MR) is 102 cm³/mol. The van der Waals surface area contributed by atoms with Crippen molar-refractivity contribution in [3.8, 4) is 0 Å². The fraction of sp³-hybridized carbons (Fsp3) is 0.714. The molecule has 0 aromatic rings. The second-order valence-electron chi connectivity index (χ2n) is 6.59. The Kier molecular flexibility index (Phi) is 16.2. The van der Waals surface area contributed by atoms with Gasteiger partial charge in [0.2, 0.25) is 5.91 Å². The summed E-state index contributed by atoms with van der Waals surface area (Å²) in [6.07, 6.45) is 22.0. The van der Waals surface area contributed by atoms with Crippen molar-refractivity contribution in [3.05, 3.63) is 24.3 Å². The van der Waals surface area contributed by atoms with Gasteiger partial charge in [-0.25, -0.2) is 0 Å². The lowest BCUT2D eigenvalue weighted by molar-refractivity contribution is -0.307. The number of nitrogens with one attached hydrogen (secondary N) is 1. The zero-order valence-corrected chi connectivity index (χ0v) is 16.1. The molecule has 0 aliphatic rings. The third-order valence-corrected chi connectivity index (χ3v) is 4.09. The van der Waals surface area contributed by atoms with Gasteiger partial charge >= 0.3 is 0 Å². The van der Waals surface area contributed by atoms with Gasteiger partial charge in [-0.15, -0.1) is 0 Å². The number of carbonyl (C=O) groups excluding carboxylic acids is 2. The van der Waals surface area contributed by atoms with Gasteiger partial charge in [0, 0.05) is 6.42 Å². The molecule has 0 aliphatic heterocycles. The molecular formula is C21H36NO3-. The van der Waals surface area contributed by atoms with Crippen LogP contribution in [0.2, 0.25) is 0 Å². The van der Waals surface area contributed by atoms with E-state index in [9.17, 15) is 14.7 Å². The van der Waals surface area contributed by atoms with Crippen LogP contribution >= 0.6 is 0 Å². The average Bonchev–Trinajstić information content (AvgIpc) is 2.58. The highest BCUT2D eigenvalue weighted by Crippen LogP contribution is 2.08. The minimum atomic E-state index is -1.24. The van der Waals surface area contributed by atoms with Gasteiger partial charge in [-0.1, -0.05) is 63.3 Å². The van der Waals surface area contributed by atoms with E-state index < -0.39 is 12.0 Å². The largest absolute Gasteiger partial charge is 0.548 e. The molecular weight excluding hydrogens is 314 g/mol. The van der Waals surface area contributed by atoms with E-state index in [0.29, 0.717) is 6.42 Å². The molecule has 0 heterocycles. The summed E-state index contributed by atoms with van der Waals surface area (Å²) in [5.41, 5.74) is 0. The Morgan fingerprint density at radius 3 is 2.04 bits per heavy atom. The first kappa shape index (κ1) is 23.4. The van der Waals surface area contributed by atoms with Crippen LogP contribution in [0.3, 0.4) is 0 Å². The van der Waals surface area contributed by atoms with Crippen molar-refractivity contribution in [2.75, 3.05) is 0 Å². The molecule has 0 aromatic heterocycles. The van der Waals surface area contributed by atoms with Gasteiger partial charge in [0.1, 0.15) is 0 Å². The predicted octanol–water partition coefficient (Wildman–Crippen LogP) is 4.05. The molecule has 0 unspecified atom stereocenters. The highest BCUT2D eigenvalue weighted by molar-refractivity contribution is 5.82. The quantitative estimate of drug-likeness (QED) is 0.337. The number of hydrogen-bond donors (Lipinski definition) is 1. The van der Waals surface area contributed by atoms with Crippen LogP contribution in [-0.2, 0) is 9.59 Å². The van der Waals surface area contributed by atoms with Gasteiger partial charge in [-0.2, -0.15) is 0 Å². The fourth-order valence-corrected chi connectivity index (χ4v) is 2.47. The molecule has 1 amide bonds. The molecule has 0 saturated carbocycles. The van der Waals surface area contributed by atoms with Crippen LogP contribution < -0.4 is 10.4 Å². The fourth-order valence-electron chi connectivity index (χ4n) is 2.47. The van der Waals surface area contributed by atoms with Crippen molar-refractivity contribution in [1.82, 2.24) is 5.32 Å². The summed E-state index contributed by atoms with van der Waals surface area (Å²) >= 11 is 0. The Morgan fingerprint density at radius 1 is 0.880 bits per heavy atom. The highest BCUT2D eigenvalue weighted by Gasteiger charge is 2.06. The van der Waals surface area contributed by atoms with Crippen LogP contribution in [0.5, 0.6) is 0 Å². The summed E-state index contributed by atoms with van der Waals surface area (Å²) in [5.74, 6) is -1.45. The van der Waals surface area contributed by atoms with Gasteiger partial charge in [-0.3, -0.25) is 4.79 Å². The molecule has 0 aliphatic carbocycles. The molecule has 0 radical (unpaired) electrons. The average molecular weight is 351 g/mol. The SMILES string of the molecule is CCCCC/C=C\C/C=C\CCCCCCCC(=O)N[C@@H](C)C(=O)[O-]. The molecule has 144 valence electrons. The smallest absolute Gasteiger partial charge is 0.220 e. The number of allylic oxidation sites excluding steroid dienone is 4. The van der Waals surface area contributed by atoms with E-state index in [1.807, 2.05) is 0 Å².